The first kappa shape index (κ1) is 27.0. The fourth-order valence-electron chi connectivity index (χ4n) is 3.18. The largest absolute Gasteiger partial charge is 0.354 e. The van der Waals surface area contributed by atoms with E-state index < -0.39 is 6.04 Å². The number of unbranched alkanes of at least 4 members (excludes halogenated alkanes) is 1. The van der Waals surface area contributed by atoms with E-state index in [9.17, 15) is 9.59 Å². The molecule has 8 heteroatoms. The van der Waals surface area contributed by atoms with E-state index in [0.29, 0.717) is 28.8 Å². The first-order valence-electron chi connectivity index (χ1n) is 10.7. The third kappa shape index (κ3) is 8.62. The third-order valence-corrected chi connectivity index (χ3v) is 7.08. The van der Waals surface area contributed by atoms with Crippen molar-refractivity contribution in [1.29, 1.82) is 0 Å². The molecule has 0 aliphatic carbocycles. The highest BCUT2D eigenvalue weighted by Crippen LogP contribution is 2.24. The third-order valence-electron chi connectivity index (χ3n) is 4.98. The summed E-state index contributed by atoms with van der Waals surface area (Å²) in [6.07, 6.45) is 2.42. The lowest BCUT2D eigenvalue weighted by molar-refractivity contribution is -0.139. The van der Waals surface area contributed by atoms with Crippen LogP contribution in [0.15, 0.2) is 46.9 Å². The Morgan fingerprint density at radius 2 is 1.84 bits per heavy atom. The minimum atomic E-state index is -0.556. The summed E-state index contributed by atoms with van der Waals surface area (Å²) in [6.45, 7) is 4.86. The van der Waals surface area contributed by atoms with Gasteiger partial charge in [-0.3, -0.25) is 9.59 Å². The van der Waals surface area contributed by atoms with E-state index in [-0.39, 0.29) is 24.1 Å². The maximum absolute atomic E-state index is 13.3. The second-order valence-electron chi connectivity index (χ2n) is 7.45. The summed E-state index contributed by atoms with van der Waals surface area (Å²) < 4.78 is 1.02. The Hall–Kier alpha value is -1.21. The molecule has 32 heavy (non-hydrogen) atoms. The lowest BCUT2D eigenvalue weighted by atomic mass is 10.1. The summed E-state index contributed by atoms with van der Waals surface area (Å²) in [4.78, 5) is 27.8. The summed E-state index contributed by atoms with van der Waals surface area (Å²) in [5.41, 5.74) is 1.91. The number of rotatable bonds is 12. The molecule has 2 aromatic rings. The van der Waals surface area contributed by atoms with Crippen molar-refractivity contribution in [1.82, 2.24) is 10.2 Å². The maximum Gasteiger partial charge on any atom is 0.242 e. The predicted octanol–water partition coefficient (Wildman–Crippen LogP) is 6.71. The monoisotopic (exact) mass is 558 g/mol. The van der Waals surface area contributed by atoms with Crippen LogP contribution in [0.5, 0.6) is 0 Å². The van der Waals surface area contributed by atoms with E-state index >= 15 is 0 Å². The average molecular weight is 560 g/mol. The highest BCUT2D eigenvalue weighted by atomic mass is 79.9. The average Bonchev–Trinajstić information content (AvgIpc) is 2.76. The number of nitrogens with one attached hydrogen (secondary N) is 1. The minimum Gasteiger partial charge on any atom is -0.354 e. The van der Waals surface area contributed by atoms with Gasteiger partial charge in [0.1, 0.15) is 6.04 Å². The van der Waals surface area contributed by atoms with Crippen LogP contribution < -0.4 is 5.32 Å². The van der Waals surface area contributed by atoms with Crippen molar-refractivity contribution < 1.29 is 9.59 Å². The van der Waals surface area contributed by atoms with Crippen LogP contribution >= 0.6 is 50.9 Å². The number of carbonyl (C=O) groups excluding carboxylic acids is 2. The van der Waals surface area contributed by atoms with Crippen molar-refractivity contribution in [3.05, 3.63) is 68.1 Å². The number of thioether (sulfide) groups is 1. The summed E-state index contributed by atoms with van der Waals surface area (Å²) in [7, 11) is 0. The number of hydrogen-bond donors (Lipinski definition) is 1. The second-order valence-corrected chi connectivity index (χ2v) is 10.2. The van der Waals surface area contributed by atoms with Gasteiger partial charge in [-0.15, -0.1) is 11.8 Å². The fraction of sp³-hybridized carbons (Fsp3) is 0.417. The molecule has 0 spiro atoms. The zero-order valence-corrected chi connectivity index (χ0v) is 22.3. The van der Waals surface area contributed by atoms with E-state index in [2.05, 4.69) is 28.2 Å². The van der Waals surface area contributed by atoms with Crippen molar-refractivity contribution in [2.24, 2.45) is 0 Å². The number of benzene rings is 2. The van der Waals surface area contributed by atoms with Gasteiger partial charge in [-0.1, -0.05) is 77.6 Å². The first-order valence-corrected chi connectivity index (χ1v) is 13.4. The zero-order valence-electron chi connectivity index (χ0n) is 18.4. The standard InChI is InChI=1S/C24H29BrCl2N2O2S/c1-3-5-12-28-24(31)22(4-2)29(14-18-8-11-20(26)13-21(18)27)23(30)16-32-15-17-6-9-19(25)10-7-17/h6-11,13,22H,3-5,12,14-16H2,1-2H3,(H,28,31)/t22-/m1/s1. The van der Waals surface area contributed by atoms with Crippen LogP contribution in [0.4, 0.5) is 0 Å². The lowest BCUT2D eigenvalue weighted by Crippen LogP contribution is -2.49. The van der Waals surface area contributed by atoms with Gasteiger partial charge in [-0.2, -0.15) is 0 Å². The molecule has 2 rings (SSSR count). The van der Waals surface area contributed by atoms with Crippen LogP contribution in [0.1, 0.15) is 44.2 Å². The van der Waals surface area contributed by atoms with Crippen molar-refractivity contribution >= 4 is 62.7 Å². The molecule has 1 atom stereocenters. The van der Waals surface area contributed by atoms with Crippen LogP contribution in [-0.4, -0.2) is 35.1 Å². The molecule has 0 fully saturated rings. The molecule has 0 radical (unpaired) electrons. The lowest BCUT2D eigenvalue weighted by Gasteiger charge is -2.31. The van der Waals surface area contributed by atoms with Gasteiger partial charge < -0.3 is 10.2 Å². The summed E-state index contributed by atoms with van der Waals surface area (Å²) in [6, 6.07) is 12.7. The van der Waals surface area contributed by atoms with Crippen molar-refractivity contribution in [3.63, 3.8) is 0 Å². The molecule has 0 aromatic heterocycles. The van der Waals surface area contributed by atoms with E-state index in [1.807, 2.05) is 37.3 Å². The smallest absolute Gasteiger partial charge is 0.242 e. The normalized spacial score (nSPS) is 11.8. The van der Waals surface area contributed by atoms with Gasteiger partial charge in [-0.25, -0.2) is 0 Å². The fourth-order valence-corrected chi connectivity index (χ4v) is 4.78. The Morgan fingerprint density at radius 3 is 2.47 bits per heavy atom. The van der Waals surface area contributed by atoms with Gasteiger partial charge in [0.25, 0.3) is 0 Å². The van der Waals surface area contributed by atoms with Gasteiger partial charge in [-0.05, 0) is 48.2 Å². The van der Waals surface area contributed by atoms with Crippen LogP contribution in [-0.2, 0) is 21.9 Å². The topological polar surface area (TPSA) is 49.4 Å². The number of amides is 2. The SMILES string of the molecule is CCCCNC(=O)[C@@H](CC)N(Cc1ccc(Cl)cc1Cl)C(=O)CSCc1ccc(Br)cc1. The van der Waals surface area contributed by atoms with Gasteiger partial charge >= 0.3 is 0 Å². The van der Waals surface area contributed by atoms with Crippen molar-refractivity contribution in [2.75, 3.05) is 12.3 Å². The minimum absolute atomic E-state index is 0.0874. The number of nitrogens with zero attached hydrogens (tertiary/aromatic N) is 1. The van der Waals surface area contributed by atoms with Gasteiger partial charge in [0.15, 0.2) is 0 Å². The molecule has 0 bridgehead atoms. The summed E-state index contributed by atoms with van der Waals surface area (Å²) in [5.74, 6) is 0.779. The predicted molar refractivity (Wildman–Crippen MR) is 139 cm³/mol. The number of carbonyl (C=O) groups is 2. The van der Waals surface area contributed by atoms with Gasteiger partial charge in [0.05, 0.1) is 5.75 Å². The molecule has 0 aliphatic heterocycles. The van der Waals surface area contributed by atoms with Crippen molar-refractivity contribution in [3.8, 4) is 0 Å². The molecule has 0 heterocycles. The molecule has 2 amide bonds. The molecule has 4 nitrogen and oxygen atoms in total. The zero-order chi connectivity index (χ0) is 23.5. The van der Waals surface area contributed by atoms with Crippen LogP contribution in [0.3, 0.4) is 0 Å². The van der Waals surface area contributed by atoms with E-state index in [1.54, 1.807) is 17.0 Å². The van der Waals surface area contributed by atoms with E-state index in [1.165, 1.54) is 11.8 Å². The molecule has 2 aromatic carbocycles. The molecule has 0 unspecified atom stereocenters. The van der Waals surface area contributed by atoms with Crippen LogP contribution in [0, 0.1) is 0 Å². The Labute approximate surface area is 213 Å². The van der Waals surface area contributed by atoms with Gasteiger partial charge in [0.2, 0.25) is 11.8 Å². The van der Waals surface area contributed by atoms with E-state index in [0.717, 1.165) is 28.4 Å². The molecule has 0 aliphatic rings. The Balaban J connectivity index is 2.14. The Kier molecular flexibility index (Phi) is 11.9. The molecular weight excluding hydrogens is 531 g/mol. The second kappa shape index (κ2) is 14.1. The molecule has 0 saturated heterocycles. The summed E-state index contributed by atoms with van der Waals surface area (Å²) >= 11 is 17.4. The highest BCUT2D eigenvalue weighted by molar-refractivity contribution is 9.10. The maximum atomic E-state index is 13.3. The van der Waals surface area contributed by atoms with Crippen LogP contribution in [0.2, 0.25) is 10.0 Å². The summed E-state index contributed by atoms with van der Waals surface area (Å²) in [5, 5.41) is 3.99. The highest BCUT2D eigenvalue weighted by Gasteiger charge is 2.28. The molecule has 0 saturated carbocycles. The Morgan fingerprint density at radius 1 is 1.12 bits per heavy atom. The number of hydrogen-bond acceptors (Lipinski definition) is 3. The number of halogens is 3. The van der Waals surface area contributed by atoms with Crippen LogP contribution in [0.25, 0.3) is 0 Å². The molecule has 174 valence electrons. The quantitative estimate of drug-likeness (QED) is 0.294. The molecule has 1 N–H and O–H groups in total. The van der Waals surface area contributed by atoms with Crippen molar-refractivity contribution in [2.45, 2.75) is 51.4 Å². The Bertz CT molecular complexity index is 896. The first-order chi connectivity index (χ1) is 15.3. The van der Waals surface area contributed by atoms with Gasteiger partial charge in [0, 0.05) is 33.4 Å². The van der Waals surface area contributed by atoms with E-state index in [4.69, 9.17) is 23.2 Å². The molecular formula is C24H29BrCl2N2O2S.